The number of hydrogen-bond donors (Lipinski definition) is 1. The van der Waals surface area contributed by atoms with Crippen LogP contribution >= 0.6 is 0 Å². The van der Waals surface area contributed by atoms with Crippen LogP contribution < -0.4 is 5.73 Å². The summed E-state index contributed by atoms with van der Waals surface area (Å²) in [7, 11) is 0. The van der Waals surface area contributed by atoms with Crippen LogP contribution in [-0.2, 0) is 4.74 Å². The van der Waals surface area contributed by atoms with Crippen molar-refractivity contribution in [3.8, 4) is 11.8 Å². The lowest BCUT2D eigenvalue weighted by atomic mass is 10.1. The molecule has 2 N–H and O–H groups in total. The van der Waals surface area contributed by atoms with Crippen molar-refractivity contribution >= 4 is 11.8 Å². The Balaban J connectivity index is 2.65. The molecule has 0 unspecified atom stereocenters. The minimum atomic E-state index is -0.567. The zero-order chi connectivity index (χ0) is 15.6. The molecular weight excluding hydrogens is 268 g/mol. The van der Waals surface area contributed by atoms with Crippen LogP contribution in [0.2, 0.25) is 0 Å². The van der Waals surface area contributed by atoms with Gasteiger partial charge in [0, 0.05) is 0 Å². The van der Waals surface area contributed by atoms with Gasteiger partial charge in [-0.15, -0.1) is 0 Å². The fraction of sp³-hybridized carbons (Fsp3) is 0.267. The fourth-order valence-corrected chi connectivity index (χ4v) is 2.19. The molecule has 2 aromatic rings. The van der Waals surface area contributed by atoms with E-state index in [4.69, 9.17) is 10.5 Å². The Morgan fingerprint density at radius 1 is 1.48 bits per heavy atom. The number of aromatic nitrogens is 2. The highest BCUT2D eigenvalue weighted by Gasteiger charge is 2.22. The topological polar surface area (TPSA) is 93.9 Å². The Kier molecular flexibility index (Phi) is 3.94. The average molecular weight is 284 g/mol. The number of nitrogens with zero attached hydrogens (tertiary/aromatic N) is 3. The summed E-state index contributed by atoms with van der Waals surface area (Å²) >= 11 is 0. The Bertz CT molecular complexity index is 741. The molecule has 0 spiro atoms. The molecule has 0 bridgehead atoms. The smallest absolute Gasteiger partial charge is 0.360 e. The number of carbonyl (C=O) groups is 1. The molecule has 108 valence electrons. The Hall–Kier alpha value is -2.81. The highest BCUT2D eigenvalue weighted by atomic mass is 16.5. The number of benzene rings is 1. The minimum Gasteiger partial charge on any atom is -0.461 e. The van der Waals surface area contributed by atoms with E-state index < -0.39 is 5.97 Å². The van der Waals surface area contributed by atoms with Crippen LogP contribution in [0.4, 0.5) is 5.82 Å². The SMILES string of the molecule is CCOC(=O)c1nc(C)n(-c2cccc(C)c2C#N)c1N. The fourth-order valence-electron chi connectivity index (χ4n) is 2.19. The van der Waals surface area contributed by atoms with E-state index in [2.05, 4.69) is 11.1 Å². The zero-order valence-electron chi connectivity index (χ0n) is 12.2. The number of rotatable bonds is 3. The van der Waals surface area contributed by atoms with Crippen molar-refractivity contribution < 1.29 is 9.53 Å². The molecule has 0 aliphatic rings. The van der Waals surface area contributed by atoms with E-state index in [1.54, 1.807) is 24.5 Å². The van der Waals surface area contributed by atoms with Crippen LogP contribution in [0.5, 0.6) is 0 Å². The second-order valence-corrected chi connectivity index (χ2v) is 4.53. The molecule has 1 heterocycles. The third kappa shape index (κ3) is 2.46. The van der Waals surface area contributed by atoms with E-state index >= 15 is 0 Å². The first-order chi connectivity index (χ1) is 10.0. The molecule has 0 fully saturated rings. The second-order valence-electron chi connectivity index (χ2n) is 4.53. The third-order valence-electron chi connectivity index (χ3n) is 3.15. The van der Waals surface area contributed by atoms with Gasteiger partial charge in [-0.1, -0.05) is 12.1 Å². The van der Waals surface area contributed by atoms with Gasteiger partial charge in [-0.05, 0) is 32.4 Å². The predicted molar refractivity (Wildman–Crippen MR) is 78.1 cm³/mol. The lowest BCUT2D eigenvalue weighted by molar-refractivity contribution is 0.0521. The van der Waals surface area contributed by atoms with Gasteiger partial charge in [-0.2, -0.15) is 5.26 Å². The highest BCUT2D eigenvalue weighted by molar-refractivity contribution is 5.92. The maximum atomic E-state index is 11.8. The number of imidazole rings is 1. The number of carbonyl (C=O) groups excluding carboxylic acids is 1. The van der Waals surface area contributed by atoms with Gasteiger partial charge >= 0.3 is 5.97 Å². The predicted octanol–water partition coefficient (Wildman–Crippen LogP) is 2.12. The Morgan fingerprint density at radius 3 is 2.81 bits per heavy atom. The van der Waals surface area contributed by atoms with Crippen LogP contribution in [-0.4, -0.2) is 22.1 Å². The van der Waals surface area contributed by atoms with Crippen LogP contribution in [0.15, 0.2) is 18.2 Å². The number of nitriles is 1. The van der Waals surface area contributed by atoms with Gasteiger partial charge in [-0.3, -0.25) is 4.57 Å². The van der Waals surface area contributed by atoms with Crippen LogP contribution in [0.1, 0.15) is 34.4 Å². The number of esters is 1. The van der Waals surface area contributed by atoms with Crippen LogP contribution in [0, 0.1) is 25.2 Å². The van der Waals surface area contributed by atoms with Gasteiger partial charge in [0.1, 0.15) is 17.7 Å². The number of nitrogens with two attached hydrogens (primary N) is 1. The third-order valence-corrected chi connectivity index (χ3v) is 3.15. The molecule has 0 atom stereocenters. The van der Waals surface area contributed by atoms with Crippen LogP contribution in [0.25, 0.3) is 5.69 Å². The summed E-state index contributed by atoms with van der Waals surface area (Å²) in [5.41, 5.74) is 8.04. The van der Waals surface area contributed by atoms with Gasteiger partial charge in [-0.25, -0.2) is 9.78 Å². The first-order valence-electron chi connectivity index (χ1n) is 6.53. The van der Waals surface area contributed by atoms with Crippen molar-refractivity contribution in [1.29, 1.82) is 5.26 Å². The Morgan fingerprint density at radius 2 is 2.19 bits per heavy atom. The summed E-state index contributed by atoms with van der Waals surface area (Å²) < 4.78 is 6.53. The van der Waals surface area contributed by atoms with Crippen molar-refractivity contribution in [2.45, 2.75) is 20.8 Å². The molecule has 6 nitrogen and oxygen atoms in total. The van der Waals surface area contributed by atoms with E-state index in [0.717, 1.165) is 5.56 Å². The molecule has 0 radical (unpaired) electrons. The lowest BCUT2D eigenvalue weighted by Gasteiger charge is -2.11. The van der Waals surface area contributed by atoms with E-state index in [9.17, 15) is 10.1 Å². The number of ether oxygens (including phenoxy) is 1. The molecule has 0 saturated carbocycles. The monoisotopic (exact) mass is 284 g/mol. The summed E-state index contributed by atoms with van der Waals surface area (Å²) in [4.78, 5) is 16.0. The normalized spacial score (nSPS) is 10.2. The zero-order valence-corrected chi connectivity index (χ0v) is 12.2. The average Bonchev–Trinajstić information content (AvgIpc) is 2.74. The number of hydrogen-bond acceptors (Lipinski definition) is 5. The second kappa shape index (κ2) is 5.67. The van der Waals surface area contributed by atoms with Crippen molar-refractivity contribution in [3.63, 3.8) is 0 Å². The summed E-state index contributed by atoms with van der Waals surface area (Å²) in [5, 5.41) is 9.33. The number of aryl methyl sites for hydroxylation is 2. The van der Waals surface area contributed by atoms with Crippen molar-refractivity contribution in [1.82, 2.24) is 9.55 Å². The summed E-state index contributed by atoms with van der Waals surface area (Å²) in [5.74, 6) is 0.133. The molecule has 6 heteroatoms. The summed E-state index contributed by atoms with van der Waals surface area (Å²) in [6.45, 7) is 5.53. The maximum absolute atomic E-state index is 11.8. The van der Waals surface area contributed by atoms with Crippen molar-refractivity contribution in [2.24, 2.45) is 0 Å². The van der Waals surface area contributed by atoms with Crippen molar-refractivity contribution in [3.05, 3.63) is 40.8 Å². The van der Waals surface area contributed by atoms with Crippen LogP contribution in [0.3, 0.4) is 0 Å². The molecule has 2 rings (SSSR count). The van der Waals surface area contributed by atoms with Gasteiger partial charge in [0.15, 0.2) is 5.69 Å². The van der Waals surface area contributed by atoms with E-state index in [1.165, 1.54) is 0 Å². The minimum absolute atomic E-state index is 0.0692. The largest absolute Gasteiger partial charge is 0.461 e. The number of anilines is 1. The quantitative estimate of drug-likeness (QED) is 0.871. The molecule has 0 aliphatic carbocycles. The number of nitrogen functional groups attached to an aromatic ring is 1. The maximum Gasteiger partial charge on any atom is 0.360 e. The molecular formula is C15H16N4O2. The highest BCUT2D eigenvalue weighted by Crippen LogP contribution is 2.25. The molecule has 1 aromatic carbocycles. The Labute approximate surface area is 122 Å². The van der Waals surface area contributed by atoms with Gasteiger partial charge in [0.2, 0.25) is 0 Å². The van der Waals surface area contributed by atoms with E-state index in [1.807, 2.05) is 19.1 Å². The van der Waals surface area contributed by atoms with E-state index in [0.29, 0.717) is 17.1 Å². The summed E-state index contributed by atoms with van der Waals surface area (Å²) in [6, 6.07) is 7.60. The van der Waals surface area contributed by atoms with Gasteiger partial charge in [0.05, 0.1) is 17.9 Å². The first-order valence-corrected chi connectivity index (χ1v) is 6.53. The van der Waals surface area contributed by atoms with Gasteiger partial charge in [0.25, 0.3) is 0 Å². The molecule has 0 saturated heterocycles. The molecule has 0 amide bonds. The lowest BCUT2D eigenvalue weighted by Crippen LogP contribution is -2.10. The standard InChI is InChI=1S/C15H16N4O2/c1-4-21-15(20)13-14(17)19(10(3)18-13)12-7-5-6-9(2)11(12)8-16/h5-7H,4,17H2,1-3H3. The van der Waals surface area contributed by atoms with Gasteiger partial charge < -0.3 is 10.5 Å². The molecule has 0 aliphatic heterocycles. The van der Waals surface area contributed by atoms with E-state index in [-0.39, 0.29) is 18.1 Å². The molecule has 1 aromatic heterocycles. The molecule has 21 heavy (non-hydrogen) atoms. The first kappa shape index (κ1) is 14.6. The summed E-state index contributed by atoms with van der Waals surface area (Å²) in [6.07, 6.45) is 0. The van der Waals surface area contributed by atoms with Crippen molar-refractivity contribution in [2.75, 3.05) is 12.3 Å².